The summed E-state index contributed by atoms with van der Waals surface area (Å²) >= 11 is 0. The van der Waals surface area contributed by atoms with E-state index in [2.05, 4.69) is 6.58 Å². The number of rotatable bonds is 5. The molecule has 1 amide bonds. The first-order chi connectivity index (χ1) is 11.1. The van der Waals surface area contributed by atoms with Crippen molar-refractivity contribution in [3.63, 3.8) is 0 Å². The number of ether oxygens (including phenoxy) is 1. The molecule has 4 heteroatoms. The second-order valence-corrected chi connectivity index (χ2v) is 6.77. The molecular weight excluding hydrogens is 290 g/mol. The second-order valence-electron chi connectivity index (χ2n) is 6.77. The number of fused-ring (bicyclic) bond motifs is 1. The summed E-state index contributed by atoms with van der Waals surface area (Å²) < 4.78 is 5.16. The van der Waals surface area contributed by atoms with E-state index >= 15 is 0 Å². The Morgan fingerprint density at radius 2 is 2.17 bits per heavy atom. The molecule has 1 aromatic carbocycles. The lowest BCUT2D eigenvalue weighted by atomic mass is 9.78. The summed E-state index contributed by atoms with van der Waals surface area (Å²) in [5, 5.41) is 9.85. The van der Waals surface area contributed by atoms with E-state index in [9.17, 15) is 9.90 Å². The molecule has 1 heterocycles. The number of hydrogen-bond donors (Lipinski definition) is 1. The summed E-state index contributed by atoms with van der Waals surface area (Å²) in [6, 6.07) is 3.61. The van der Waals surface area contributed by atoms with Gasteiger partial charge in [-0.2, -0.15) is 0 Å². The fraction of sp³-hybridized carbons (Fsp3) is 0.526. The monoisotopic (exact) mass is 315 g/mol. The van der Waals surface area contributed by atoms with Gasteiger partial charge in [-0.15, -0.1) is 0 Å². The molecule has 1 aliphatic carbocycles. The predicted molar refractivity (Wildman–Crippen MR) is 89.5 cm³/mol. The molecule has 23 heavy (non-hydrogen) atoms. The van der Waals surface area contributed by atoms with Crippen LogP contribution in [0.15, 0.2) is 24.3 Å². The van der Waals surface area contributed by atoms with Gasteiger partial charge in [0.05, 0.1) is 7.11 Å². The lowest BCUT2D eigenvalue weighted by Gasteiger charge is -2.30. The molecule has 124 valence electrons. The maximum atomic E-state index is 12.4. The van der Waals surface area contributed by atoms with E-state index in [-0.39, 0.29) is 11.7 Å². The van der Waals surface area contributed by atoms with E-state index in [4.69, 9.17) is 4.74 Å². The highest BCUT2D eigenvalue weighted by atomic mass is 16.5. The van der Waals surface area contributed by atoms with Crippen molar-refractivity contribution in [1.29, 1.82) is 0 Å². The largest absolute Gasteiger partial charge is 0.504 e. The van der Waals surface area contributed by atoms with Gasteiger partial charge in [-0.25, -0.2) is 0 Å². The summed E-state index contributed by atoms with van der Waals surface area (Å²) in [7, 11) is 1.54. The lowest BCUT2D eigenvalue weighted by molar-refractivity contribution is -0.132. The van der Waals surface area contributed by atoms with Crippen molar-refractivity contribution < 1.29 is 14.6 Å². The minimum atomic E-state index is 0.174. The standard InChI is InChI=1S/C19H25NO3/c1-13-8-14(9-13)4-3-5-19(22)20-7-6-15-10-17(21)18(23-2)11-16(15)12-20/h10-11,14,21H,1,3-9,12H2,2H3. The highest BCUT2D eigenvalue weighted by Gasteiger charge is 2.24. The topological polar surface area (TPSA) is 49.8 Å². The van der Waals surface area contributed by atoms with E-state index in [1.165, 1.54) is 5.57 Å². The van der Waals surface area contributed by atoms with Crippen LogP contribution in [0, 0.1) is 5.92 Å². The molecule has 0 bridgehead atoms. The zero-order valence-electron chi connectivity index (χ0n) is 13.8. The van der Waals surface area contributed by atoms with Crippen LogP contribution in [-0.4, -0.2) is 29.6 Å². The minimum Gasteiger partial charge on any atom is -0.504 e. The van der Waals surface area contributed by atoms with Crippen LogP contribution < -0.4 is 4.74 Å². The first-order valence-corrected chi connectivity index (χ1v) is 8.40. The third-order valence-corrected chi connectivity index (χ3v) is 5.02. The third-order valence-electron chi connectivity index (χ3n) is 5.02. The number of carbonyl (C=O) groups is 1. The van der Waals surface area contributed by atoms with Gasteiger partial charge in [0.2, 0.25) is 5.91 Å². The number of phenols is 1. The van der Waals surface area contributed by atoms with Crippen molar-refractivity contribution in [3.8, 4) is 11.5 Å². The number of aromatic hydroxyl groups is 1. The quantitative estimate of drug-likeness (QED) is 0.847. The summed E-state index contributed by atoms with van der Waals surface area (Å²) in [6.45, 7) is 5.32. The fourth-order valence-electron chi connectivity index (χ4n) is 3.61. The third kappa shape index (κ3) is 3.52. The zero-order valence-corrected chi connectivity index (χ0v) is 13.8. The molecule has 0 radical (unpaired) electrons. The average Bonchev–Trinajstić information content (AvgIpc) is 2.51. The van der Waals surface area contributed by atoms with Crippen molar-refractivity contribution in [2.75, 3.05) is 13.7 Å². The van der Waals surface area contributed by atoms with Gasteiger partial charge in [0.15, 0.2) is 11.5 Å². The first kappa shape index (κ1) is 15.9. The number of hydrogen-bond acceptors (Lipinski definition) is 3. The number of amides is 1. The van der Waals surface area contributed by atoms with E-state index in [0.29, 0.717) is 18.7 Å². The molecule has 1 N–H and O–H groups in total. The first-order valence-electron chi connectivity index (χ1n) is 8.40. The van der Waals surface area contributed by atoms with E-state index < -0.39 is 0 Å². The lowest BCUT2D eigenvalue weighted by Crippen LogP contribution is -2.35. The fourth-order valence-corrected chi connectivity index (χ4v) is 3.61. The second kappa shape index (κ2) is 6.65. The molecule has 1 aliphatic heterocycles. The smallest absolute Gasteiger partial charge is 0.222 e. The highest BCUT2D eigenvalue weighted by molar-refractivity contribution is 5.76. The maximum Gasteiger partial charge on any atom is 0.222 e. The molecule has 1 fully saturated rings. The van der Waals surface area contributed by atoms with Gasteiger partial charge >= 0.3 is 0 Å². The molecular formula is C19H25NO3. The Kier molecular flexibility index (Phi) is 4.60. The Balaban J connectivity index is 1.53. The minimum absolute atomic E-state index is 0.174. The van der Waals surface area contributed by atoms with Gasteiger partial charge < -0.3 is 14.7 Å². The Morgan fingerprint density at radius 1 is 1.39 bits per heavy atom. The Labute approximate surface area is 137 Å². The van der Waals surface area contributed by atoms with Crippen LogP contribution in [0.2, 0.25) is 0 Å². The Morgan fingerprint density at radius 3 is 2.87 bits per heavy atom. The molecule has 1 aromatic rings. The molecule has 3 rings (SSSR count). The van der Waals surface area contributed by atoms with Crippen LogP contribution >= 0.6 is 0 Å². The molecule has 0 spiro atoms. The van der Waals surface area contributed by atoms with E-state index in [1.807, 2.05) is 11.0 Å². The van der Waals surface area contributed by atoms with Crippen LogP contribution in [-0.2, 0) is 17.8 Å². The SMILES string of the molecule is C=C1CC(CCCC(=O)N2CCc3cc(O)c(OC)cc3C2)C1. The Hall–Kier alpha value is -1.97. The molecule has 4 nitrogen and oxygen atoms in total. The van der Waals surface area contributed by atoms with Gasteiger partial charge in [0.1, 0.15) is 0 Å². The van der Waals surface area contributed by atoms with Crippen molar-refractivity contribution in [2.45, 2.75) is 45.1 Å². The summed E-state index contributed by atoms with van der Waals surface area (Å²) in [6.07, 6.45) is 5.83. The number of benzene rings is 1. The van der Waals surface area contributed by atoms with Crippen LogP contribution in [0.1, 0.15) is 43.2 Å². The molecule has 0 aromatic heterocycles. The number of nitrogens with zero attached hydrogens (tertiary/aromatic N) is 1. The van der Waals surface area contributed by atoms with Crippen molar-refractivity contribution in [1.82, 2.24) is 4.90 Å². The summed E-state index contributed by atoms with van der Waals surface area (Å²) in [5.41, 5.74) is 3.54. The van der Waals surface area contributed by atoms with E-state index in [0.717, 1.165) is 55.7 Å². The summed E-state index contributed by atoms with van der Waals surface area (Å²) in [4.78, 5) is 14.3. The van der Waals surface area contributed by atoms with Gasteiger partial charge in [0.25, 0.3) is 0 Å². The van der Waals surface area contributed by atoms with Gasteiger partial charge in [0, 0.05) is 19.5 Å². The normalized spacial score (nSPS) is 17.6. The summed E-state index contributed by atoms with van der Waals surface area (Å²) in [5.74, 6) is 1.64. The molecule has 0 unspecified atom stereocenters. The molecule has 0 atom stereocenters. The molecule has 0 saturated heterocycles. The predicted octanol–water partition coefficient (Wildman–Crippen LogP) is 3.42. The van der Waals surface area contributed by atoms with Gasteiger partial charge in [-0.1, -0.05) is 12.2 Å². The number of phenolic OH excluding ortho intramolecular Hbond substituents is 1. The number of allylic oxidation sites excluding steroid dienone is 1. The number of carbonyl (C=O) groups excluding carboxylic acids is 1. The van der Waals surface area contributed by atoms with Crippen LogP contribution in [0.3, 0.4) is 0 Å². The molecule has 2 aliphatic rings. The van der Waals surface area contributed by atoms with Crippen molar-refractivity contribution in [3.05, 3.63) is 35.4 Å². The highest BCUT2D eigenvalue weighted by Crippen LogP contribution is 2.35. The van der Waals surface area contributed by atoms with Gasteiger partial charge in [-0.05, 0) is 61.3 Å². The maximum absolute atomic E-state index is 12.4. The van der Waals surface area contributed by atoms with Crippen LogP contribution in [0.25, 0.3) is 0 Å². The average molecular weight is 315 g/mol. The van der Waals surface area contributed by atoms with Crippen molar-refractivity contribution >= 4 is 5.91 Å². The van der Waals surface area contributed by atoms with E-state index in [1.54, 1.807) is 13.2 Å². The van der Waals surface area contributed by atoms with Crippen LogP contribution in [0.5, 0.6) is 11.5 Å². The molecule has 1 saturated carbocycles. The zero-order chi connectivity index (χ0) is 16.4. The Bertz CT molecular complexity index is 615. The van der Waals surface area contributed by atoms with Crippen molar-refractivity contribution in [2.24, 2.45) is 5.92 Å². The number of methoxy groups -OCH3 is 1. The van der Waals surface area contributed by atoms with Crippen LogP contribution in [0.4, 0.5) is 0 Å². The van der Waals surface area contributed by atoms with Gasteiger partial charge in [-0.3, -0.25) is 4.79 Å².